The second kappa shape index (κ2) is 5.67. The molecule has 12 heavy (non-hydrogen) atoms. The van der Waals surface area contributed by atoms with Crippen LogP contribution in [0.4, 0.5) is 0 Å². The average Bonchev–Trinajstić information content (AvgIpc) is 1.85. The lowest BCUT2D eigenvalue weighted by Gasteiger charge is -2.16. The van der Waals surface area contributed by atoms with Crippen molar-refractivity contribution in [2.45, 2.75) is 13.8 Å². The maximum atomic E-state index is 9.33. The van der Waals surface area contributed by atoms with Crippen LogP contribution in [0.1, 0.15) is 13.8 Å². The predicted molar refractivity (Wildman–Crippen MR) is 45.9 cm³/mol. The second-order valence-corrected chi connectivity index (χ2v) is 4.99. The summed E-state index contributed by atoms with van der Waals surface area (Å²) in [4.78, 5) is 15.3. The third-order valence-corrected chi connectivity index (χ3v) is 0.856. The van der Waals surface area contributed by atoms with E-state index in [0.717, 1.165) is 6.66 Å². The van der Waals surface area contributed by atoms with E-state index in [-0.39, 0.29) is 18.6 Å². The van der Waals surface area contributed by atoms with Crippen LogP contribution in [0.5, 0.6) is 0 Å². The zero-order valence-corrected chi connectivity index (χ0v) is 8.45. The molecule has 0 bridgehead atoms. The van der Waals surface area contributed by atoms with E-state index in [2.05, 4.69) is 0 Å². The van der Waals surface area contributed by atoms with Crippen LogP contribution in [0.2, 0.25) is 0 Å². The fraction of sp³-hybridized carbons (Fsp3) is 1.00. The highest BCUT2D eigenvalue weighted by Crippen LogP contribution is 2.26. The number of aliphatic hydroxyl groups excluding tert-OH is 2. The quantitative estimate of drug-likeness (QED) is 0.462. The minimum atomic E-state index is -3.64. The van der Waals surface area contributed by atoms with Gasteiger partial charge in [-0.3, -0.25) is 4.57 Å². The van der Waals surface area contributed by atoms with Crippen molar-refractivity contribution in [1.82, 2.24) is 0 Å². The van der Waals surface area contributed by atoms with Crippen molar-refractivity contribution in [3.05, 3.63) is 0 Å². The first-order valence-electron chi connectivity index (χ1n) is 3.37. The van der Waals surface area contributed by atoms with Gasteiger partial charge in [0.2, 0.25) is 0 Å². The molecule has 0 saturated carbocycles. The molecule has 0 atom stereocenters. The Morgan fingerprint density at radius 2 is 1.33 bits per heavy atom. The number of hydrogen-bond donors (Lipinski definition) is 4. The van der Waals surface area contributed by atoms with Gasteiger partial charge >= 0.3 is 7.60 Å². The highest BCUT2D eigenvalue weighted by atomic mass is 31.2. The summed E-state index contributed by atoms with van der Waals surface area (Å²) in [6, 6.07) is 0. The lowest BCUT2D eigenvalue weighted by atomic mass is 9.97. The van der Waals surface area contributed by atoms with Crippen LogP contribution in [-0.2, 0) is 4.57 Å². The van der Waals surface area contributed by atoms with E-state index in [1.807, 2.05) is 0 Å². The summed E-state index contributed by atoms with van der Waals surface area (Å²) >= 11 is 0. The van der Waals surface area contributed by atoms with E-state index in [1.54, 1.807) is 13.8 Å². The summed E-state index contributed by atoms with van der Waals surface area (Å²) in [6.45, 7) is 4.54. The Balaban J connectivity index is 0. The smallest absolute Gasteiger partial charge is 0.322 e. The molecule has 0 spiro atoms. The summed E-state index contributed by atoms with van der Waals surface area (Å²) in [5.74, 6) is 0. The Bertz CT molecular complexity index is 136. The second-order valence-electron chi connectivity index (χ2n) is 3.32. The summed E-state index contributed by atoms with van der Waals surface area (Å²) in [5, 5.41) is 16.9. The van der Waals surface area contributed by atoms with E-state index < -0.39 is 7.60 Å². The Labute approximate surface area is 72.2 Å². The zero-order chi connectivity index (χ0) is 10.4. The molecular formula is C6H17O5P. The average molecular weight is 200 g/mol. The van der Waals surface area contributed by atoms with Crippen LogP contribution >= 0.6 is 7.60 Å². The Morgan fingerprint density at radius 1 is 1.17 bits per heavy atom. The maximum absolute atomic E-state index is 9.33. The van der Waals surface area contributed by atoms with E-state index >= 15 is 0 Å². The molecule has 0 saturated heterocycles. The molecule has 0 unspecified atom stereocenters. The van der Waals surface area contributed by atoms with Gasteiger partial charge in [-0.05, 0) is 0 Å². The maximum Gasteiger partial charge on any atom is 0.322 e. The van der Waals surface area contributed by atoms with Crippen molar-refractivity contribution in [2.75, 3.05) is 19.9 Å². The predicted octanol–water partition coefficient (Wildman–Crippen LogP) is -0.209. The molecule has 0 heterocycles. The van der Waals surface area contributed by atoms with E-state index in [4.69, 9.17) is 20.0 Å². The molecule has 5 nitrogen and oxygen atoms in total. The minimum Gasteiger partial charge on any atom is -0.396 e. The van der Waals surface area contributed by atoms with Crippen molar-refractivity contribution < 1.29 is 24.6 Å². The van der Waals surface area contributed by atoms with Crippen LogP contribution in [0.15, 0.2) is 0 Å². The molecule has 0 amide bonds. The van der Waals surface area contributed by atoms with E-state index in [1.165, 1.54) is 0 Å². The van der Waals surface area contributed by atoms with Crippen molar-refractivity contribution in [3.63, 3.8) is 0 Å². The van der Waals surface area contributed by atoms with Gasteiger partial charge in [0.05, 0.1) is 13.2 Å². The van der Waals surface area contributed by atoms with Gasteiger partial charge in [-0.1, -0.05) is 13.8 Å². The molecular weight excluding hydrogens is 183 g/mol. The molecule has 0 aliphatic rings. The van der Waals surface area contributed by atoms with Gasteiger partial charge in [-0.2, -0.15) is 0 Å². The van der Waals surface area contributed by atoms with Crippen LogP contribution < -0.4 is 0 Å². The zero-order valence-electron chi connectivity index (χ0n) is 7.56. The molecule has 0 aliphatic heterocycles. The third-order valence-electron chi connectivity index (χ3n) is 0.856. The standard InChI is InChI=1S/C5H12O2.CH5O3P/c1-5(2,3-6)4-7;1-5(2,3)4/h6-7H,3-4H2,1-2H3;1H3,(H2,2,3,4). The van der Waals surface area contributed by atoms with Crippen LogP contribution in [0.25, 0.3) is 0 Å². The van der Waals surface area contributed by atoms with Gasteiger partial charge in [-0.25, -0.2) is 0 Å². The summed E-state index contributed by atoms with van der Waals surface area (Å²) in [6.07, 6.45) is 0. The number of rotatable bonds is 2. The summed E-state index contributed by atoms with van der Waals surface area (Å²) in [5.41, 5.74) is -0.306. The third kappa shape index (κ3) is 22.5. The van der Waals surface area contributed by atoms with Gasteiger partial charge in [0, 0.05) is 12.1 Å². The van der Waals surface area contributed by atoms with Crippen molar-refractivity contribution in [3.8, 4) is 0 Å². The number of hydrogen-bond acceptors (Lipinski definition) is 3. The molecule has 0 aliphatic carbocycles. The molecule has 0 aromatic rings. The van der Waals surface area contributed by atoms with Crippen LogP contribution in [-0.4, -0.2) is 39.9 Å². The first-order chi connectivity index (χ1) is 5.12. The van der Waals surface area contributed by atoms with Crippen LogP contribution in [0.3, 0.4) is 0 Å². The minimum absolute atomic E-state index is 0.0451. The monoisotopic (exact) mass is 200 g/mol. The normalized spacial score (nSPS) is 11.9. The van der Waals surface area contributed by atoms with Crippen molar-refractivity contribution in [1.29, 1.82) is 0 Å². The topological polar surface area (TPSA) is 98.0 Å². The first-order valence-corrected chi connectivity index (χ1v) is 5.43. The highest BCUT2D eigenvalue weighted by Gasteiger charge is 2.13. The number of aliphatic hydroxyl groups is 2. The Hall–Kier alpha value is 0.0700. The molecule has 0 aromatic heterocycles. The SMILES string of the molecule is CC(C)(CO)CO.CP(=O)(O)O. The van der Waals surface area contributed by atoms with Gasteiger partial charge in [0.25, 0.3) is 0 Å². The summed E-state index contributed by atoms with van der Waals surface area (Å²) in [7, 11) is -3.64. The van der Waals surface area contributed by atoms with Gasteiger partial charge in [-0.15, -0.1) is 0 Å². The van der Waals surface area contributed by atoms with Gasteiger partial charge in [0.15, 0.2) is 0 Å². The van der Waals surface area contributed by atoms with Crippen molar-refractivity contribution in [2.24, 2.45) is 5.41 Å². The lowest BCUT2D eigenvalue weighted by molar-refractivity contribution is 0.0857. The largest absolute Gasteiger partial charge is 0.396 e. The summed E-state index contributed by atoms with van der Waals surface area (Å²) < 4.78 is 9.33. The molecule has 0 radical (unpaired) electrons. The Morgan fingerprint density at radius 3 is 1.33 bits per heavy atom. The molecule has 0 fully saturated rings. The van der Waals surface area contributed by atoms with Crippen molar-refractivity contribution >= 4 is 7.60 Å². The molecule has 6 heteroatoms. The Kier molecular flexibility index (Phi) is 6.89. The van der Waals surface area contributed by atoms with Crippen LogP contribution in [0, 0.1) is 5.41 Å². The van der Waals surface area contributed by atoms with E-state index in [0.29, 0.717) is 0 Å². The molecule has 76 valence electrons. The molecule has 0 rings (SSSR count). The van der Waals surface area contributed by atoms with E-state index in [9.17, 15) is 4.57 Å². The van der Waals surface area contributed by atoms with Gasteiger partial charge < -0.3 is 20.0 Å². The fourth-order valence-corrected chi connectivity index (χ4v) is 0.0500. The highest BCUT2D eigenvalue weighted by molar-refractivity contribution is 7.50. The molecule has 0 aromatic carbocycles. The lowest BCUT2D eigenvalue weighted by Crippen LogP contribution is -2.20. The first kappa shape index (κ1) is 14.6. The molecule has 4 N–H and O–H groups in total. The fourth-order valence-electron chi connectivity index (χ4n) is 0.0500. The van der Waals surface area contributed by atoms with Gasteiger partial charge in [0.1, 0.15) is 0 Å².